The van der Waals surface area contributed by atoms with E-state index in [4.69, 9.17) is 4.74 Å². The zero-order chi connectivity index (χ0) is 20.0. The van der Waals surface area contributed by atoms with Gasteiger partial charge in [0.15, 0.2) is 5.65 Å². The minimum atomic E-state index is -0.693. The molecule has 8 heteroatoms. The smallest absolute Gasteiger partial charge is 0.414 e. The molecule has 0 saturated carbocycles. The molecule has 0 spiro atoms. The van der Waals surface area contributed by atoms with Gasteiger partial charge in [0.05, 0.1) is 0 Å². The lowest BCUT2D eigenvalue weighted by Gasteiger charge is -2.14. The molecular formula is C21H17N5O3. The molecular weight excluding hydrogens is 370 g/mol. The third kappa shape index (κ3) is 2.77. The Balaban J connectivity index is 1.37. The van der Waals surface area contributed by atoms with Crippen LogP contribution < -0.4 is 11.0 Å². The molecule has 2 aromatic heterocycles. The van der Waals surface area contributed by atoms with Crippen molar-refractivity contribution in [1.82, 2.24) is 19.6 Å². The monoisotopic (exact) mass is 387 g/mol. The van der Waals surface area contributed by atoms with Gasteiger partial charge in [-0.2, -0.15) is 0 Å². The fourth-order valence-electron chi connectivity index (χ4n) is 3.84. The normalized spacial score (nSPS) is 12.6. The van der Waals surface area contributed by atoms with Gasteiger partial charge in [0.25, 0.3) is 0 Å². The van der Waals surface area contributed by atoms with Crippen LogP contribution in [0.3, 0.4) is 0 Å². The van der Waals surface area contributed by atoms with Gasteiger partial charge in [-0.3, -0.25) is 5.32 Å². The van der Waals surface area contributed by atoms with E-state index in [1.165, 1.54) is 4.40 Å². The molecule has 0 unspecified atom stereocenters. The second-order valence-corrected chi connectivity index (χ2v) is 6.91. The molecule has 144 valence electrons. The summed E-state index contributed by atoms with van der Waals surface area (Å²) in [5.74, 6) is -0.0314. The van der Waals surface area contributed by atoms with Crippen LogP contribution in [0.1, 0.15) is 22.6 Å². The second kappa shape index (κ2) is 6.59. The molecule has 1 amide bonds. The minimum Gasteiger partial charge on any atom is -0.448 e. The zero-order valence-electron chi connectivity index (χ0n) is 15.5. The summed E-state index contributed by atoms with van der Waals surface area (Å²) < 4.78 is 6.69. The number of carbonyl (C=O) groups is 1. The highest BCUT2D eigenvalue weighted by Gasteiger charge is 2.29. The third-order valence-corrected chi connectivity index (χ3v) is 5.19. The minimum absolute atomic E-state index is 0.0159. The van der Waals surface area contributed by atoms with Gasteiger partial charge in [-0.25, -0.2) is 14.0 Å². The summed E-state index contributed by atoms with van der Waals surface area (Å²) in [5, 5.41) is 10.4. The van der Waals surface area contributed by atoms with Crippen molar-refractivity contribution in [2.24, 2.45) is 0 Å². The van der Waals surface area contributed by atoms with Gasteiger partial charge in [-0.05, 0) is 29.2 Å². The Hall–Kier alpha value is -3.94. The van der Waals surface area contributed by atoms with E-state index in [9.17, 15) is 9.59 Å². The lowest BCUT2D eigenvalue weighted by molar-refractivity contribution is 0.158. The second-order valence-electron chi connectivity index (χ2n) is 6.91. The Labute approximate surface area is 165 Å². The molecule has 2 aromatic carbocycles. The lowest BCUT2D eigenvalue weighted by Crippen LogP contribution is -2.23. The Morgan fingerprint density at radius 1 is 1.10 bits per heavy atom. The molecule has 8 nitrogen and oxygen atoms in total. The lowest BCUT2D eigenvalue weighted by atomic mass is 9.98. The van der Waals surface area contributed by atoms with Crippen LogP contribution in [-0.2, 0) is 4.74 Å². The van der Waals surface area contributed by atoms with Crippen LogP contribution in [0.25, 0.3) is 16.8 Å². The maximum absolute atomic E-state index is 12.4. The van der Waals surface area contributed by atoms with Crippen molar-refractivity contribution in [2.45, 2.75) is 12.8 Å². The van der Waals surface area contributed by atoms with E-state index in [-0.39, 0.29) is 18.5 Å². The van der Waals surface area contributed by atoms with Gasteiger partial charge in [0.1, 0.15) is 6.61 Å². The Morgan fingerprint density at radius 3 is 2.45 bits per heavy atom. The molecule has 4 aromatic rings. The average Bonchev–Trinajstić information content (AvgIpc) is 3.30. The van der Waals surface area contributed by atoms with Crippen molar-refractivity contribution in [3.05, 3.63) is 81.9 Å². The third-order valence-electron chi connectivity index (χ3n) is 5.19. The van der Waals surface area contributed by atoms with Gasteiger partial charge in [-0.1, -0.05) is 48.5 Å². The molecule has 0 bridgehead atoms. The van der Waals surface area contributed by atoms with Crippen molar-refractivity contribution in [3.63, 3.8) is 0 Å². The molecule has 0 aliphatic heterocycles. The number of anilines is 1. The maximum Gasteiger partial charge on any atom is 0.414 e. The predicted molar refractivity (Wildman–Crippen MR) is 107 cm³/mol. The summed E-state index contributed by atoms with van der Waals surface area (Å²) in [7, 11) is 0. The quantitative estimate of drug-likeness (QED) is 0.563. The number of rotatable bonds is 3. The highest BCUT2D eigenvalue weighted by Crippen LogP contribution is 2.44. The molecule has 0 saturated heterocycles. The number of aryl methyl sites for hydroxylation is 1. The SMILES string of the molecule is Cc1c[nH]c(=O)n2c(NC(=O)OCC3c4ccccc4-c4ccccc43)nnc12. The van der Waals surface area contributed by atoms with Crippen LogP contribution >= 0.6 is 0 Å². The molecule has 5 rings (SSSR count). The summed E-state index contributed by atoms with van der Waals surface area (Å²) in [5.41, 5.74) is 5.23. The van der Waals surface area contributed by atoms with E-state index >= 15 is 0 Å². The van der Waals surface area contributed by atoms with Crippen molar-refractivity contribution in [2.75, 3.05) is 11.9 Å². The maximum atomic E-state index is 12.4. The highest BCUT2D eigenvalue weighted by molar-refractivity contribution is 5.83. The number of ether oxygens (including phenoxy) is 1. The van der Waals surface area contributed by atoms with Crippen molar-refractivity contribution < 1.29 is 9.53 Å². The molecule has 0 radical (unpaired) electrons. The first-order valence-corrected chi connectivity index (χ1v) is 9.19. The Kier molecular flexibility index (Phi) is 3.90. The number of fused-ring (bicyclic) bond motifs is 4. The highest BCUT2D eigenvalue weighted by atomic mass is 16.5. The van der Waals surface area contributed by atoms with Crippen molar-refractivity contribution in [3.8, 4) is 11.1 Å². The number of nitrogens with zero attached hydrogens (tertiary/aromatic N) is 3. The van der Waals surface area contributed by atoms with Gasteiger partial charge in [-0.15, -0.1) is 10.2 Å². The van der Waals surface area contributed by atoms with Crippen LogP contribution in [0.4, 0.5) is 10.7 Å². The van der Waals surface area contributed by atoms with Crippen molar-refractivity contribution >= 4 is 17.7 Å². The summed E-state index contributed by atoms with van der Waals surface area (Å²) in [6.45, 7) is 1.96. The van der Waals surface area contributed by atoms with Gasteiger partial charge < -0.3 is 9.72 Å². The van der Waals surface area contributed by atoms with Gasteiger partial charge in [0.2, 0.25) is 5.95 Å². The molecule has 2 heterocycles. The number of amides is 1. The standard InChI is InChI=1S/C21H17N5O3/c1-12-10-22-20(27)26-18(12)24-25-19(26)23-21(28)29-11-17-15-8-4-2-6-13(15)14-7-3-5-9-16(14)17/h2-10,17H,11H2,1H3,(H,22,27)(H,23,25,28). The number of H-pyrrole nitrogens is 1. The summed E-state index contributed by atoms with van der Waals surface area (Å²) in [4.78, 5) is 27.1. The molecule has 0 atom stereocenters. The van der Waals surface area contributed by atoms with Crippen LogP contribution in [-0.4, -0.2) is 32.3 Å². The molecule has 2 N–H and O–H groups in total. The largest absolute Gasteiger partial charge is 0.448 e. The van der Waals surface area contributed by atoms with E-state index in [2.05, 4.69) is 44.8 Å². The predicted octanol–water partition coefficient (Wildman–Crippen LogP) is 3.09. The fraction of sp³-hybridized carbons (Fsp3) is 0.143. The van der Waals surface area contributed by atoms with Crippen molar-refractivity contribution in [1.29, 1.82) is 0 Å². The number of nitrogens with one attached hydrogen (secondary N) is 2. The van der Waals surface area contributed by atoms with Gasteiger partial charge >= 0.3 is 11.8 Å². The van der Waals surface area contributed by atoms with E-state index in [0.717, 1.165) is 27.8 Å². The number of benzene rings is 2. The Bertz CT molecular complexity index is 1260. The first-order chi connectivity index (χ1) is 14.1. The summed E-state index contributed by atoms with van der Waals surface area (Å²) >= 11 is 0. The number of hydrogen-bond acceptors (Lipinski definition) is 5. The fourth-order valence-corrected chi connectivity index (χ4v) is 3.84. The number of aromatic amines is 1. The van der Waals surface area contributed by atoms with Gasteiger partial charge in [0, 0.05) is 17.7 Å². The van der Waals surface area contributed by atoms with E-state index in [0.29, 0.717) is 5.65 Å². The average molecular weight is 387 g/mol. The molecule has 1 aliphatic rings. The zero-order valence-corrected chi connectivity index (χ0v) is 15.5. The van der Waals surface area contributed by atoms with E-state index in [1.54, 1.807) is 13.1 Å². The first-order valence-electron chi connectivity index (χ1n) is 9.19. The molecule has 0 fully saturated rings. The molecule has 1 aliphatic carbocycles. The number of aromatic nitrogens is 4. The molecule has 29 heavy (non-hydrogen) atoms. The van der Waals surface area contributed by atoms with E-state index in [1.807, 2.05) is 24.3 Å². The summed E-state index contributed by atoms with van der Waals surface area (Å²) in [6, 6.07) is 16.2. The topological polar surface area (TPSA) is 101 Å². The first kappa shape index (κ1) is 17.2. The van der Waals surface area contributed by atoms with E-state index < -0.39 is 11.8 Å². The Morgan fingerprint density at radius 2 is 1.76 bits per heavy atom. The van der Waals surface area contributed by atoms with Crippen LogP contribution in [0.2, 0.25) is 0 Å². The van der Waals surface area contributed by atoms with Crippen LogP contribution in [0.15, 0.2) is 59.5 Å². The number of carbonyl (C=O) groups excluding carboxylic acids is 1. The number of hydrogen-bond donors (Lipinski definition) is 2. The van der Waals surface area contributed by atoms with Crippen LogP contribution in [0.5, 0.6) is 0 Å². The van der Waals surface area contributed by atoms with Crippen LogP contribution in [0, 0.1) is 6.92 Å². The summed E-state index contributed by atoms with van der Waals surface area (Å²) in [6.07, 6.45) is 0.853.